The summed E-state index contributed by atoms with van der Waals surface area (Å²) >= 11 is 11.5. The highest BCUT2D eigenvalue weighted by Crippen LogP contribution is 2.28. The Kier molecular flexibility index (Phi) is 6.41. The van der Waals surface area contributed by atoms with E-state index in [1.165, 1.54) is 25.3 Å². The standard InChI is InChI=1S/C11H12Cl2N2O5S/c1-20-10(17)6-14-9(16)5-15-21(18,19)8-4-2-3-7(12)11(8)13/h2-4,15H,5-6H2,1H3,(H,14,16). The number of hydrogen-bond acceptors (Lipinski definition) is 5. The molecule has 0 aliphatic carbocycles. The highest BCUT2D eigenvalue weighted by Gasteiger charge is 2.20. The van der Waals surface area contributed by atoms with E-state index in [1.807, 2.05) is 4.72 Å². The van der Waals surface area contributed by atoms with Crippen LogP contribution in [-0.4, -0.2) is 40.5 Å². The van der Waals surface area contributed by atoms with Crippen LogP contribution in [-0.2, 0) is 24.3 Å². The van der Waals surface area contributed by atoms with Gasteiger partial charge >= 0.3 is 5.97 Å². The zero-order valence-corrected chi connectivity index (χ0v) is 13.2. The smallest absolute Gasteiger partial charge is 0.325 e. The van der Waals surface area contributed by atoms with Crippen molar-refractivity contribution >= 4 is 45.1 Å². The molecule has 0 bridgehead atoms. The van der Waals surface area contributed by atoms with Crippen molar-refractivity contribution in [2.45, 2.75) is 4.90 Å². The second-order valence-corrected chi connectivity index (χ2v) is 6.25. The SMILES string of the molecule is COC(=O)CNC(=O)CNS(=O)(=O)c1cccc(Cl)c1Cl. The van der Waals surface area contributed by atoms with Gasteiger partial charge in [0.15, 0.2) is 0 Å². The van der Waals surface area contributed by atoms with Gasteiger partial charge in [-0.1, -0.05) is 29.3 Å². The zero-order chi connectivity index (χ0) is 16.0. The number of benzene rings is 1. The summed E-state index contributed by atoms with van der Waals surface area (Å²) in [6.07, 6.45) is 0. The summed E-state index contributed by atoms with van der Waals surface area (Å²) in [5, 5.41) is 2.12. The number of carbonyl (C=O) groups excluding carboxylic acids is 2. The highest BCUT2D eigenvalue weighted by molar-refractivity contribution is 7.89. The average molecular weight is 355 g/mol. The van der Waals surface area contributed by atoms with E-state index in [4.69, 9.17) is 23.2 Å². The number of carbonyl (C=O) groups is 2. The molecule has 0 saturated heterocycles. The van der Waals surface area contributed by atoms with Crippen molar-refractivity contribution in [2.24, 2.45) is 0 Å². The van der Waals surface area contributed by atoms with Crippen LogP contribution in [0.4, 0.5) is 0 Å². The van der Waals surface area contributed by atoms with Gasteiger partial charge in [-0.2, -0.15) is 0 Å². The second kappa shape index (κ2) is 7.60. The van der Waals surface area contributed by atoms with Crippen molar-refractivity contribution in [2.75, 3.05) is 20.2 Å². The van der Waals surface area contributed by atoms with Gasteiger partial charge < -0.3 is 10.1 Å². The van der Waals surface area contributed by atoms with Crippen LogP contribution in [0.3, 0.4) is 0 Å². The molecule has 0 saturated carbocycles. The van der Waals surface area contributed by atoms with Crippen molar-refractivity contribution in [3.05, 3.63) is 28.2 Å². The van der Waals surface area contributed by atoms with Gasteiger partial charge in [-0.3, -0.25) is 9.59 Å². The van der Waals surface area contributed by atoms with Gasteiger partial charge in [0.25, 0.3) is 0 Å². The Hall–Kier alpha value is -1.35. The normalized spacial score (nSPS) is 11.0. The fourth-order valence-electron chi connectivity index (χ4n) is 1.24. The molecule has 2 N–H and O–H groups in total. The van der Waals surface area contributed by atoms with E-state index in [-0.39, 0.29) is 21.5 Å². The Balaban J connectivity index is 2.67. The minimum Gasteiger partial charge on any atom is -0.468 e. The molecule has 1 aromatic carbocycles. The monoisotopic (exact) mass is 354 g/mol. The number of ether oxygens (including phenoxy) is 1. The Morgan fingerprint density at radius 3 is 2.52 bits per heavy atom. The first-order valence-electron chi connectivity index (χ1n) is 5.55. The summed E-state index contributed by atoms with van der Waals surface area (Å²) < 4.78 is 30.3. The number of esters is 1. The van der Waals surface area contributed by atoms with Crippen molar-refractivity contribution < 1.29 is 22.7 Å². The van der Waals surface area contributed by atoms with Crippen LogP contribution < -0.4 is 10.0 Å². The van der Waals surface area contributed by atoms with E-state index >= 15 is 0 Å². The predicted octanol–water partition coefficient (Wildman–Crippen LogP) is 0.561. The van der Waals surface area contributed by atoms with Gasteiger partial charge in [-0.05, 0) is 12.1 Å². The van der Waals surface area contributed by atoms with E-state index in [0.717, 1.165) is 0 Å². The van der Waals surface area contributed by atoms with Crippen LogP contribution in [0, 0.1) is 0 Å². The first-order chi connectivity index (χ1) is 9.77. The van der Waals surface area contributed by atoms with Gasteiger partial charge in [0.1, 0.15) is 11.4 Å². The topological polar surface area (TPSA) is 102 Å². The second-order valence-electron chi connectivity index (χ2n) is 3.73. The molecule has 1 rings (SSSR count). The average Bonchev–Trinajstić information content (AvgIpc) is 2.45. The third-order valence-electron chi connectivity index (χ3n) is 2.29. The number of halogens is 2. The van der Waals surface area contributed by atoms with E-state index in [1.54, 1.807) is 0 Å². The number of hydrogen-bond donors (Lipinski definition) is 2. The lowest BCUT2D eigenvalue weighted by Crippen LogP contribution is -2.39. The highest BCUT2D eigenvalue weighted by atomic mass is 35.5. The van der Waals surface area contributed by atoms with E-state index in [2.05, 4.69) is 10.1 Å². The van der Waals surface area contributed by atoms with Crippen LogP contribution in [0.2, 0.25) is 10.0 Å². The molecule has 0 heterocycles. The van der Waals surface area contributed by atoms with Gasteiger partial charge in [0, 0.05) is 0 Å². The van der Waals surface area contributed by atoms with Crippen LogP contribution >= 0.6 is 23.2 Å². The molecule has 10 heteroatoms. The summed E-state index contributed by atoms with van der Waals surface area (Å²) in [6, 6.07) is 4.11. The number of methoxy groups -OCH3 is 1. The largest absolute Gasteiger partial charge is 0.468 e. The number of rotatable bonds is 6. The number of amides is 1. The maximum atomic E-state index is 12.0. The van der Waals surface area contributed by atoms with Gasteiger partial charge in [0.2, 0.25) is 15.9 Å². The lowest BCUT2D eigenvalue weighted by molar-refractivity contribution is -0.141. The molecule has 0 aliphatic heterocycles. The Labute approximate surface area is 131 Å². The quantitative estimate of drug-likeness (QED) is 0.726. The summed E-state index contributed by atoms with van der Waals surface area (Å²) in [6.45, 7) is -0.906. The minimum absolute atomic E-state index is 0.0784. The molecule has 0 aliphatic rings. The first kappa shape index (κ1) is 17.7. The molecular weight excluding hydrogens is 343 g/mol. The first-order valence-corrected chi connectivity index (χ1v) is 7.79. The van der Waals surface area contributed by atoms with Crippen LogP contribution in [0.15, 0.2) is 23.1 Å². The molecule has 0 fully saturated rings. The van der Waals surface area contributed by atoms with E-state index in [9.17, 15) is 18.0 Å². The summed E-state index contributed by atoms with van der Waals surface area (Å²) in [5.41, 5.74) is 0. The van der Waals surface area contributed by atoms with Crippen molar-refractivity contribution in [1.29, 1.82) is 0 Å². The van der Waals surface area contributed by atoms with Crippen molar-refractivity contribution in [1.82, 2.24) is 10.0 Å². The molecule has 0 radical (unpaired) electrons. The Bertz CT molecular complexity index is 648. The molecule has 0 spiro atoms. The lowest BCUT2D eigenvalue weighted by Gasteiger charge is -2.09. The fourth-order valence-corrected chi connectivity index (χ4v) is 2.98. The Morgan fingerprint density at radius 2 is 1.90 bits per heavy atom. The zero-order valence-electron chi connectivity index (χ0n) is 10.9. The molecule has 0 unspecified atom stereocenters. The molecule has 7 nitrogen and oxygen atoms in total. The van der Waals surface area contributed by atoms with Crippen molar-refractivity contribution in [3.63, 3.8) is 0 Å². The van der Waals surface area contributed by atoms with Crippen LogP contribution in [0.5, 0.6) is 0 Å². The molecule has 1 aromatic rings. The maximum absolute atomic E-state index is 12.0. The molecule has 0 aromatic heterocycles. The number of sulfonamides is 1. The van der Waals surface area contributed by atoms with E-state index in [0.29, 0.717) is 0 Å². The van der Waals surface area contributed by atoms with E-state index < -0.39 is 28.4 Å². The molecular formula is C11H12Cl2N2O5S. The fraction of sp³-hybridized carbons (Fsp3) is 0.273. The number of nitrogens with one attached hydrogen (secondary N) is 2. The third kappa shape index (κ3) is 5.16. The maximum Gasteiger partial charge on any atom is 0.325 e. The molecule has 21 heavy (non-hydrogen) atoms. The van der Waals surface area contributed by atoms with Gasteiger partial charge in [-0.15, -0.1) is 0 Å². The van der Waals surface area contributed by atoms with Crippen molar-refractivity contribution in [3.8, 4) is 0 Å². The molecule has 1 amide bonds. The van der Waals surface area contributed by atoms with Crippen LogP contribution in [0.25, 0.3) is 0 Å². The summed E-state index contributed by atoms with van der Waals surface area (Å²) in [4.78, 5) is 22.0. The minimum atomic E-state index is -4.00. The Morgan fingerprint density at radius 1 is 1.24 bits per heavy atom. The lowest BCUT2D eigenvalue weighted by atomic mass is 10.4. The molecule has 0 atom stereocenters. The van der Waals surface area contributed by atoms with Gasteiger partial charge in [-0.25, -0.2) is 13.1 Å². The summed E-state index contributed by atoms with van der Waals surface area (Å²) in [5.74, 6) is -1.34. The predicted molar refractivity (Wildman–Crippen MR) is 76.7 cm³/mol. The molecule has 116 valence electrons. The van der Waals surface area contributed by atoms with Crippen LogP contribution in [0.1, 0.15) is 0 Å². The van der Waals surface area contributed by atoms with Gasteiger partial charge in [0.05, 0.1) is 23.7 Å². The summed E-state index contributed by atoms with van der Waals surface area (Å²) in [7, 11) is -2.83. The third-order valence-corrected chi connectivity index (χ3v) is 4.66.